The van der Waals surface area contributed by atoms with Gasteiger partial charge < -0.3 is 0 Å². The normalized spacial score (nSPS) is 11.4. The maximum absolute atomic E-state index is 12.8. The zero-order valence-electron chi connectivity index (χ0n) is 15.4. The lowest BCUT2D eigenvalue weighted by Crippen LogP contribution is -2.14. The van der Waals surface area contributed by atoms with Gasteiger partial charge in [0.05, 0.1) is 11.3 Å². The number of rotatable bonds is 7. The van der Waals surface area contributed by atoms with Crippen LogP contribution in [0.3, 0.4) is 0 Å². The molecular weight excluding hydrogens is 415 g/mol. The Labute approximate surface area is 171 Å². The van der Waals surface area contributed by atoms with Crippen molar-refractivity contribution in [2.45, 2.75) is 18.6 Å². The molecule has 3 rings (SSSR count). The first-order chi connectivity index (χ1) is 13.8. The molecule has 0 radical (unpaired) electrons. The number of aromatic nitrogens is 1. The molecule has 0 unspecified atom stereocenters. The molecule has 0 bridgehead atoms. The number of alkyl halides is 1. The van der Waals surface area contributed by atoms with Crippen LogP contribution < -0.4 is 4.72 Å². The molecule has 0 fully saturated rings. The van der Waals surface area contributed by atoms with Crippen molar-refractivity contribution >= 4 is 49.3 Å². The Hall–Kier alpha value is -2.78. The number of fused-ring (bicyclic) bond motifs is 1. The van der Waals surface area contributed by atoms with Gasteiger partial charge in [0.1, 0.15) is 6.67 Å². The number of nitrogens with zero attached hydrogens (tertiary/aromatic N) is 1. The van der Waals surface area contributed by atoms with Gasteiger partial charge >= 0.3 is 0 Å². The smallest absolute Gasteiger partial charge is 0.279 e. The Kier molecular flexibility index (Phi) is 6.29. The Balaban J connectivity index is 1.77. The number of hydrogen-bond donors (Lipinski definition) is 1. The monoisotopic (exact) mass is 432 g/mol. The largest absolute Gasteiger partial charge is 0.293 e. The second kappa shape index (κ2) is 8.71. The molecule has 9 heteroatoms. The van der Waals surface area contributed by atoms with Crippen LogP contribution in [0.25, 0.3) is 10.9 Å². The molecule has 0 saturated heterocycles. The number of Topliss-reactive ketones (excluding diaryl/α,β-unsaturated/α-hetero) is 1. The molecule has 1 N–H and O–H groups in total. The van der Waals surface area contributed by atoms with Crippen molar-refractivity contribution < 1.29 is 22.4 Å². The summed E-state index contributed by atoms with van der Waals surface area (Å²) in [5, 5.41) is 0.327. The van der Waals surface area contributed by atoms with E-state index in [2.05, 4.69) is 9.71 Å². The minimum Gasteiger partial charge on any atom is -0.293 e. The average molecular weight is 432 g/mol. The van der Waals surface area contributed by atoms with Gasteiger partial charge in [0, 0.05) is 23.6 Å². The number of carbonyl (C=O) groups is 2. The summed E-state index contributed by atoms with van der Waals surface area (Å²) in [6, 6.07) is 13.6. The molecule has 29 heavy (non-hydrogen) atoms. The first-order valence-electron chi connectivity index (χ1n) is 8.53. The number of anilines is 1. The summed E-state index contributed by atoms with van der Waals surface area (Å²) in [6.45, 7) is 0.778. The van der Waals surface area contributed by atoms with E-state index in [9.17, 15) is 22.4 Å². The van der Waals surface area contributed by atoms with Gasteiger partial charge in [0.15, 0.2) is 15.9 Å². The van der Waals surface area contributed by atoms with E-state index in [4.69, 9.17) is 0 Å². The summed E-state index contributed by atoms with van der Waals surface area (Å²) >= 11 is 0.920. The summed E-state index contributed by atoms with van der Waals surface area (Å²) in [6.07, 6.45) is 0. The average Bonchev–Trinajstić information content (AvgIpc) is 2.71. The van der Waals surface area contributed by atoms with Crippen molar-refractivity contribution in [3.05, 3.63) is 65.7 Å². The maximum atomic E-state index is 12.8. The summed E-state index contributed by atoms with van der Waals surface area (Å²) < 4.78 is 40.4. The number of halogens is 1. The minimum atomic E-state index is -3.94. The third-order valence-electron chi connectivity index (χ3n) is 4.02. The van der Waals surface area contributed by atoms with E-state index >= 15 is 0 Å². The number of pyridine rings is 1. The highest BCUT2D eigenvalue weighted by Crippen LogP contribution is 2.20. The number of ketones is 1. The van der Waals surface area contributed by atoms with Crippen molar-refractivity contribution in [1.82, 2.24) is 4.98 Å². The predicted octanol–water partition coefficient (Wildman–Crippen LogP) is 3.97. The predicted molar refractivity (Wildman–Crippen MR) is 111 cm³/mol. The van der Waals surface area contributed by atoms with E-state index < -0.39 is 16.7 Å². The number of benzene rings is 2. The Morgan fingerprint density at radius 3 is 2.45 bits per heavy atom. The van der Waals surface area contributed by atoms with Gasteiger partial charge in [-0.1, -0.05) is 17.8 Å². The molecule has 1 aromatic heterocycles. The van der Waals surface area contributed by atoms with Crippen LogP contribution in [0.1, 0.15) is 22.8 Å². The van der Waals surface area contributed by atoms with Crippen LogP contribution >= 0.6 is 11.8 Å². The van der Waals surface area contributed by atoms with Crippen molar-refractivity contribution in [3.8, 4) is 0 Å². The van der Waals surface area contributed by atoms with Crippen molar-refractivity contribution in [3.63, 3.8) is 0 Å². The van der Waals surface area contributed by atoms with Gasteiger partial charge in [-0.2, -0.15) is 8.42 Å². The van der Waals surface area contributed by atoms with E-state index in [1.807, 2.05) is 0 Å². The van der Waals surface area contributed by atoms with Gasteiger partial charge in [-0.25, -0.2) is 9.37 Å². The van der Waals surface area contributed by atoms with Crippen molar-refractivity contribution in [1.29, 1.82) is 0 Å². The molecule has 0 aliphatic carbocycles. The maximum Gasteiger partial charge on any atom is 0.279 e. The minimum absolute atomic E-state index is 0.0333. The van der Waals surface area contributed by atoms with Crippen LogP contribution in [0.15, 0.2) is 59.6 Å². The molecule has 0 aliphatic rings. The van der Waals surface area contributed by atoms with Gasteiger partial charge in [0.2, 0.25) is 0 Å². The summed E-state index contributed by atoms with van der Waals surface area (Å²) in [7, 11) is -3.94. The molecule has 150 valence electrons. The fourth-order valence-electron chi connectivity index (χ4n) is 2.57. The molecule has 0 aliphatic heterocycles. The fourth-order valence-corrected chi connectivity index (χ4v) is 4.09. The number of hydrogen-bond acceptors (Lipinski definition) is 6. The van der Waals surface area contributed by atoms with Crippen LogP contribution in [0.2, 0.25) is 0 Å². The lowest BCUT2D eigenvalue weighted by Gasteiger charge is -2.09. The molecule has 0 amide bonds. The lowest BCUT2D eigenvalue weighted by atomic mass is 10.1. The second-order valence-electron chi connectivity index (χ2n) is 6.20. The third kappa shape index (κ3) is 5.18. The Morgan fingerprint density at radius 2 is 1.79 bits per heavy atom. The zero-order chi connectivity index (χ0) is 21.0. The van der Waals surface area contributed by atoms with E-state index in [-0.39, 0.29) is 27.4 Å². The van der Waals surface area contributed by atoms with E-state index in [0.717, 1.165) is 11.8 Å². The van der Waals surface area contributed by atoms with Crippen LogP contribution in [-0.4, -0.2) is 30.1 Å². The molecule has 0 atom stereocenters. The van der Waals surface area contributed by atoms with E-state index in [0.29, 0.717) is 22.0 Å². The molecule has 0 saturated carbocycles. The molecule has 0 spiro atoms. The molecule has 2 aromatic carbocycles. The van der Waals surface area contributed by atoms with Crippen molar-refractivity contribution in [2.24, 2.45) is 0 Å². The first kappa shape index (κ1) is 20.9. The van der Waals surface area contributed by atoms with Crippen molar-refractivity contribution in [2.75, 3.05) is 10.5 Å². The molecule has 6 nitrogen and oxygen atoms in total. The summed E-state index contributed by atoms with van der Waals surface area (Å²) in [5.41, 5.74) is 1.59. The van der Waals surface area contributed by atoms with Gasteiger partial charge in [-0.3, -0.25) is 14.3 Å². The topological polar surface area (TPSA) is 93.2 Å². The first-order valence-corrected chi connectivity index (χ1v) is 11.0. The van der Waals surface area contributed by atoms with Gasteiger partial charge in [-0.15, -0.1) is 0 Å². The number of sulfonamides is 1. The highest BCUT2D eigenvalue weighted by molar-refractivity contribution is 8.14. The van der Waals surface area contributed by atoms with Crippen LogP contribution in [0.5, 0.6) is 0 Å². The zero-order valence-corrected chi connectivity index (χ0v) is 17.0. The standard InChI is InChI=1S/C20H17FN2O4S2/c1-13(24)28-12-19(25)15-3-6-17(7-4-15)23-29(26,27)20-9-5-16-10-14(11-21)2-8-18(16)22-20/h2-10,23H,11-12H2,1H3. The van der Waals surface area contributed by atoms with E-state index in [1.165, 1.54) is 37.3 Å². The van der Waals surface area contributed by atoms with Crippen LogP contribution in [-0.2, 0) is 21.5 Å². The molecule has 1 heterocycles. The Morgan fingerprint density at radius 1 is 1.07 bits per heavy atom. The van der Waals surface area contributed by atoms with Gasteiger partial charge in [0.25, 0.3) is 10.0 Å². The Bertz CT molecular complexity index is 1180. The number of nitrogens with one attached hydrogen (secondary N) is 1. The lowest BCUT2D eigenvalue weighted by molar-refractivity contribution is -0.109. The summed E-state index contributed by atoms with van der Waals surface area (Å²) in [5.74, 6) is -0.186. The number of carbonyl (C=O) groups excluding carboxylic acids is 2. The molecular formula is C20H17FN2O4S2. The summed E-state index contributed by atoms with van der Waals surface area (Å²) in [4.78, 5) is 27.1. The third-order valence-corrected chi connectivity index (χ3v) is 6.12. The van der Waals surface area contributed by atoms with Crippen LogP contribution in [0, 0.1) is 0 Å². The SMILES string of the molecule is CC(=O)SCC(=O)c1ccc(NS(=O)(=O)c2ccc3cc(CF)ccc3n2)cc1. The molecule has 3 aromatic rings. The van der Waals surface area contributed by atoms with E-state index in [1.54, 1.807) is 24.3 Å². The van der Waals surface area contributed by atoms with Crippen LogP contribution in [0.4, 0.5) is 10.1 Å². The second-order valence-corrected chi connectivity index (χ2v) is 8.98. The highest BCUT2D eigenvalue weighted by atomic mass is 32.2. The quantitative estimate of drug-likeness (QED) is 0.568. The number of thioether (sulfide) groups is 1. The fraction of sp³-hybridized carbons (Fsp3) is 0.150. The highest BCUT2D eigenvalue weighted by Gasteiger charge is 2.17. The van der Waals surface area contributed by atoms with Gasteiger partial charge in [-0.05, 0) is 54.1 Å².